The lowest BCUT2D eigenvalue weighted by Gasteiger charge is -2.24. The van der Waals surface area contributed by atoms with Crippen LogP contribution in [0.1, 0.15) is 40.3 Å². The zero-order chi connectivity index (χ0) is 38.0. The molecule has 0 bridgehead atoms. The Bertz CT molecular complexity index is 2570. The van der Waals surface area contributed by atoms with E-state index in [4.69, 9.17) is 10.2 Å². The second-order valence-corrected chi connectivity index (χ2v) is 14.9. The van der Waals surface area contributed by atoms with Gasteiger partial charge in [-0.2, -0.15) is 10.2 Å². The van der Waals surface area contributed by atoms with E-state index in [2.05, 4.69) is 218 Å². The number of aryl methyl sites for hydroxylation is 3. The normalized spacial score (nSPS) is 15.0. The van der Waals surface area contributed by atoms with E-state index >= 15 is 0 Å². The summed E-state index contributed by atoms with van der Waals surface area (Å²) < 4.78 is 2.08. The lowest BCUT2D eigenvalue weighted by atomic mass is 9.35. The molecule has 0 unspecified atom stereocenters. The number of benzene rings is 6. The molecule has 2 aliphatic rings. The lowest BCUT2D eigenvalue weighted by Crippen LogP contribution is -2.54. The van der Waals surface area contributed by atoms with Gasteiger partial charge in [0, 0.05) is 28.9 Å². The second-order valence-electron chi connectivity index (χ2n) is 14.9. The third-order valence-corrected chi connectivity index (χ3v) is 11.0. The zero-order valence-electron chi connectivity index (χ0n) is 32.1. The Kier molecular flexibility index (Phi) is 9.54. The van der Waals surface area contributed by atoms with Gasteiger partial charge < -0.3 is 4.90 Å². The first-order chi connectivity index (χ1) is 27.5. The minimum absolute atomic E-state index is 0.0176. The number of allylic oxidation sites excluding steroid dienone is 4. The predicted molar refractivity (Wildman–Crippen MR) is 236 cm³/mol. The van der Waals surface area contributed by atoms with Gasteiger partial charge >= 0.3 is 0 Å². The molecule has 1 aliphatic heterocycles. The van der Waals surface area contributed by atoms with Crippen molar-refractivity contribution in [3.63, 3.8) is 0 Å². The molecule has 56 heavy (non-hydrogen) atoms. The minimum atomic E-state index is -0.0176. The average molecular weight is 726 g/mol. The number of nitrogens with zero attached hydrogens (tertiary/aromatic N) is 5. The molecular weight excluding hydrogens is 681 g/mol. The van der Waals surface area contributed by atoms with Crippen molar-refractivity contribution in [2.75, 3.05) is 16.6 Å². The monoisotopic (exact) mass is 725 g/mol. The maximum Gasteiger partial charge on any atom is 0.242 e. The van der Waals surface area contributed by atoms with E-state index in [1.807, 2.05) is 0 Å². The smallest absolute Gasteiger partial charge is 0.242 e. The standard InChI is InChI=1S/C50H44BN5/c1-36-30-37(2)48(38(3)31-36)51(42-24-16-28-45(32-42)55-34-47(39-18-8-4-9-19-39)49(52-55)40-20-10-5-11-21-40)43-25-17-29-46(33-43)56-35-54(44-26-14-7-15-27-44)50(53-56)41-22-12-6-13-23-41/h4-20,22-34,40H,21,35H2,1-3H3/t40-/m1/s1. The van der Waals surface area contributed by atoms with E-state index in [0.717, 1.165) is 40.6 Å². The second kappa shape index (κ2) is 15.2. The molecule has 0 N–H and O–H groups in total. The number of amidine groups is 1. The van der Waals surface area contributed by atoms with E-state index in [1.165, 1.54) is 44.2 Å². The fourth-order valence-electron chi connectivity index (χ4n) is 8.45. The number of rotatable bonds is 9. The van der Waals surface area contributed by atoms with Crippen molar-refractivity contribution in [1.29, 1.82) is 0 Å². The van der Waals surface area contributed by atoms with Crippen LogP contribution in [0.4, 0.5) is 11.4 Å². The van der Waals surface area contributed by atoms with E-state index in [-0.39, 0.29) is 12.6 Å². The van der Waals surface area contributed by atoms with Gasteiger partial charge in [0.2, 0.25) is 6.71 Å². The van der Waals surface area contributed by atoms with Crippen molar-refractivity contribution in [3.05, 3.63) is 210 Å². The summed E-state index contributed by atoms with van der Waals surface area (Å²) >= 11 is 0. The van der Waals surface area contributed by atoms with E-state index in [9.17, 15) is 0 Å². The number of hydrogen-bond donors (Lipinski definition) is 0. The van der Waals surface area contributed by atoms with Crippen LogP contribution in [0.2, 0.25) is 0 Å². The molecule has 5 nitrogen and oxygen atoms in total. The number of anilines is 2. The molecule has 9 rings (SSSR count). The van der Waals surface area contributed by atoms with Gasteiger partial charge in [-0.25, -0.2) is 9.69 Å². The predicted octanol–water partition coefficient (Wildman–Crippen LogP) is 9.23. The van der Waals surface area contributed by atoms with Crippen LogP contribution in [0.5, 0.6) is 0 Å². The molecule has 0 fully saturated rings. The molecule has 0 amide bonds. The van der Waals surface area contributed by atoms with Crippen LogP contribution in [-0.2, 0) is 0 Å². The highest BCUT2D eigenvalue weighted by molar-refractivity contribution is 6.96. The van der Waals surface area contributed by atoms with E-state index in [0.29, 0.717) is 6.67 Å². The highest BCUT2D eigenvalue weighted by atomic mass is 15.6. The summed E-state index contributed by atoms with van der Waals surface area (Å²) in [7, 11) is 0. The van der Waals surface area contributed by atoms with Crippen molar-refractivity contribution in [1.82, 2.24) is 9.78 Å². The SMILES string of the molecule is Cc1cc(C)c(B(c2cccc(N3CN(c4ccccc4)C(c4ccccc4)=N3)c2)c2cccc(-n3cc(-c4ccccc4)c([C@@H]4C=CC=CC4)n3)c2)c(C)c1. The third kappa shape index (κ3) is 6.91. The number of hydrazone groups is 1. The first kappa shape index (κ1) is 35.1. The Balaban J connectivity index is 1.14. The van der Waals surface area contributed by atoms with Gasteiger partial charge in [0.25, 0.3) is 0 Å². The molecule has 0 saturated carbocycles. The summed E-state index contributed by atoms with van der Waals surface area (Å²) in [5, 5.41) is 12.7. The van der Waals surface area contributed by atoms with Gasteiger partial charge in [0.15, 0.2) is 5.84 Å². The number of aromatic nitrogens is 2. The van der Waals surface area contributed by atoms with Crippen molar-refractivity contribution < 1.29 is 0 Å². The van der Waals surface area contributed by atoms with E-state index in [1.54, 1.807) is 0 Å². The van der Waals surface area contributed by atoms with Crippen LogP contribution in [0.3, 0.4) is 0 Å². The van der Waals surface area contributed by atoms with Gasteiger partial charge in [-0.15, -0.1) is 0 Å². The Morgan fingerprint density at radius 1 is 0.607 bits per heavy atom. The molecule has 6 aromatic carbocycles. The molecule has 0 spiro atoms. The van der Waals surface area contributed by atoms with Crippen LogP contribution in [0.15, 0.2) is 187 Å². The van der Waals surface area contributed by atoms with Crippen LogP contribution in [0, 0.1) is 20.8 Å². The summed E-state index contributed by atoms with van der Waals surface area (Å²) in [4.78, 5) is 2.29. The zero-order valence-corrected chi connectivity index (χ0v) is 32.1. The van der Waals surface area contributed by atoms with Gasteiger partial charge in [0.1, 0.15) is 6.67 Å². The van der Waals surface area contributed by atoms with Gasteiger partial charge in [0.05, 0.1) is 17.1 Å². The molecule has 272 valence electrons. The summed E-state index contributed by atoms with van der Waals surface area (Å²) in [5.74, 6) is 1.16. The maximum absolute atomic E-state index is 5.31. The van der Waals surface area contributed by atoms with Crippen LogP contribution >= 0.6 is 0 Å². The highest BCUT2D eigenvalue weighted by Gasteiger charge is 2.30. The van der Waals surface area contributed by atoms with Gasteiger partial charge in [-0.1, -0.05) is 173 Å². The fraction of sp³-hybridized carbons (Fsp3) is 0.120. The van der Waals surface area contributed by atoms with E-state index < -0.39 is 0 Å². The summed E-state index contributed by atoms with van der Waals surface area (Å²) in [6, 6.07) is 54.2. The highest BCUT2D eigenvalue weighted by Crippen LogP contribution is 2.34. The molecule has 1 aromatic heterocycles. The van der Waals surface area contributed by atoms with Crippen molar-refractivity contribution in [3.8, 4) is 16.8 Å². The molecule has 1 atom stereocenters. The first-order valence-corrected chi connectivity index (χ1v) is 19.5. The third-order valence-electron chi connectivity index (χ3n) is 11.0. The Morgan fingerprint density at radius 3 is 1.88 bits per heavy atom. The van der Waals surface area contributed by atoms with Crippen molar-refractivity contribution in [2.45, 2.75) is 33.1 Å². The van der Waals surface area contributed by atoms with Crippen LogP contribution in [-0.4, -0.2) is 29.0 Å². The molecule has 7 aromatic rings. The minimum Gasteiger partial charge on any atom is -0.304 e. The van der Waals surface area contributed by atoms with Crippen LogP contribution in [0.25, 0.3) is 16.8 Å². The van der Waals surface area contributed by atoms with Gasteiger partial charge in [-0.05, 0) is 69.2 Å². The molecule has 0 radical (unpaired) electrons. The molecular formula is C50H44BN5. The number of hydrogen-bond acceptors (Lipinski definition) is 4. The topological polar surface area (TPSA) is 36.7 Å². The number of para-hydroxylation sites is 1. The molecule has 2 heterocycles. The van der Waals surface area contributed by atoms with Crippen molar-refractivity contribution in [2.24, 2.45) is 5.10 Å². The summed E-state index contributed by atoms with van der Waals surface area (Å²) in [5.41, 5.74) is 15.4. The Hall–Kier alpha value is -6.66. The fourth-order valence-corrected chi connectivity index (χ4v) is 8.45. The lowest BCUT2D eigenvalue weighted by molar-refractivity contribution is 0.768. The largest absolute Gasteiger partial charge is 0.304 e. The Labute approximate surface area is 330 Å². The molecule has 1 aliphatic carbocycles. The summed E-state index contributed by atoms with van der Waals surface area (Å²) in [6.45, 7) is 7.28. The molecule has 6 heteroatoms. The van der Waals surface area contributed by atoms with Crippen LogP contribution < -0.4 is 26.3 Å². The quantitative estimate of drug-likeness (QED) is 0.139. The Morgan fingerprint density at radius 2 is 1.21 bits per heavy atom. The first-order valence-electron chi connectivity index (χ1n) is 19.5. The van der Waals surface area contributed by atoms with Crippen molar-refractivity contribution >= 4 is 40.3 Å². The average Bonchev–Trinajstić information content (AvgIpc) is 3.90. The molecule has 0 saturated heterocycles. The van der Waals surface area contributed by atoms with Gasteiger partial charge in [-0.3, -0.25) is 0 Å². The maximum atomic E-state index is 5.31. The summed E-state index contributed by atoms with van der Waals surface area (Å²) in [6.07, 6.45) is 11.9.